The lowest BCUT2D eigenvalue weighted by Crippen LogP contribution is -2.21. The van der Waals surface area contributed by atoms with E-state index in [2.05, 4.69) is 20.6 Å². The number of nitrogens with one attached hydrogen (secondary N) is 2. The summed E-state index contributed by atoms with van der Waals surface area (Å²) in [5.74, 6) is 0.155. The first-order valence-corrected chi connectivity index (χ1v) is 11.2. The molecule has 9 heteroatoms. The minimum Gasteiger partial charge on any atom is -0.355 e. The Kier molecular flexibility index (Phi) is 4.97. The van der Waals surface area contributed by atoms with Gasteiger partial charge in [0.1, 0.15) is 5.82 Å². The molecule has 0 radical (unpaired) electrons. The molecule has 0 unspecified atom stereocenters. The summed E-state index contributed by atoms with van der Waals surface area (Å²) in [6.45, 7) is 1.94. The maximum Gasteiger partial charge on any atom is 0.264 e. The molecule has 0 bridgehead atoms. The van der Waals surface area contributed by atoms with Crippen molar-refractivity contribution in [3.05, 3.63) is 68.2 Å². The second kappa shape index (κ2) is 7.83. The quantitative estimate of drug-likeness (QED) is 0.626. The Morgan fingerprint density at radius 2 is 2.03 bits per heavy atom. The van der Waals surface area contributed by atoms with Gasteiger partial charge in [-0.3, -0.25) is 19.0 Å². The molecule has 3 aromatic heterocycles. The first kappa shape index (κ1) is 20.3. The number of nitrogens with zero attached hydrogens (tertiary/aromatic N) is 3. The molecule has 162 valence electrons. The highest BCUT2D eigenvalue weighted by molar-refractivity contribution is 7.13. The zero-order chi connectivity index (χ0) is 22.4. The average molecular weight is 448 g/mol. The highest BCUT2D eigenvalue weighted by Crippen LogP contribution is 2.37. The highest BCUT2D eigenvalue weighted by atomic mass is 32.1. The van der Waals surface area contributed by atoms with Gasteiger partial charge in [0.15, 0.2) is 5.13 Å². The number of amides is 2. The number of rotatable bonds is 5. The van der Waals surface area contributed by atoms with Gasteiger partial charge in [0.05, 0.1) is 5.56 Å². The number of carbonyl (C=O) groups excluding carboxylic acids is 2. The summed E-state index contributed by atoms with van der Waals surface area (Å²) in [4.78, 5) is 47.8. The summed E-state index contributed by atoms with van der Waals surface area (Å²) in [6, 6.07) is 3.58. The molecule has 32 heavy (non-hydrogen) atoms. The van der Waals surface area contributed by atoms with Crippen molar-refractivity contribution in [2.75, 3.05) is 12.4 Å². The Hall–Kier alpha value is -3.59. The van der Waals surface area contributed by atoms with Crippen molar-refractivity contribution in [1.29, 1.82) is 0 Å². The van der Waals surface area contributed by atoms with Crippen LogP contribution in [0.4, 0.5) is 5.82 Å². The summed E-state index contributed by atoms with van der Waals surface area (Å²) in [7, 11) is 1.56. The first-order chi connectivity index (χ1) is 15.5. The molecule has 0 spiro atoms. The monoisotopic (exact) mass is 447 g/mol. The van der Waals surface area contributed by atoms with E-state index in [0.29, 0.717) is 34.1 Å². The average Bonchev–Trinajstić information content (AvgIpc) is 3.41. The Morgan fingerprint density at radius 3 is 2.72 bits per heavy atom. The number of aromatic nitrogens is 3. The largest absolute Gasteiger partial charge is 0.355 e. The Morgan fingerprint density at radius 1 is 1.22 bits per heavy atom. The molecule has 1 saturated carbocycles. The smallest absolute Gasteiger partial charge is 0.264 e. The molecule has 0 saturated heterocycles. The molecule has 3 aromatic rings. The summed E-state index contributed by atoms with van der Waals surface area (Å²) in [6.07, 6.45) is 8.92. The third-order valence-corrected chi connectivity index (χ3v) is 6.59. The number of aryl methyl sites for hydroxylation is 1. The van der Waals surface area contributed by atoms with Crippen LogP contribution in [-0.2, 0) is 11.2 Å². The van der Waals surface area contributed by atoms with Crippen molar-refractivity contribution >= 4 is 40.6 Å². The normalized spacial score (nSPS) is 14.6. The Bertz CT molecular complexity index is 1350. The molecular weight excluding hydrogens is 426 g/mol. The van der Waals surface area contributed by atoms with Gasteiger partial charge in [-0.05, 0) is 49.1 Å². The third-order valence-electron chi connectivity index (χ3n) is 5.68. The minimum atomic E-state index is -0.268. The van der Waals surface area contributed by atoms with E-state index in [4.69, 9.17) is 0 Å². The zero-order valence-electron chi connectivity index (χ0n) is 17.6. The number of pyridine rings is 2. The van der Waals surface area contributed by atoms with Crippen LogP contribution < -0.4 is 16.2 Å². The second-order valence-electron chi connectivity index (χ2n) is 7.95. The molecule has 2 amide bonds. The number of allylic oxidation sites excluding steroid dienone is 1. The van der Waals surface area contributed by atoms with Gasteiger partial charge in [-0.2, -0.15) is 0 Å². The molecule has 0 aromatic carbocycles. The van der Waals surface area contributed by atoms with Gasteiger partial charge >= 0.3 is 0 Å². The van der Waals surface area contributed by atoms with Gasteiger partial charge in [0, 0.05) is 54.0 Å². The lowest BCUT2D eigenvalue weighted by Gasteiger charge is -2.12. The van der Waals surface area contributed by atoms with Crippen LogP contribution in [0.5, 0.6) is 0 Å². The van der Waals surface area contributed by atoms with Crippen molar-refractivity contribution < 1.29 is 9.59 Å². The van der Waals surface area contributed by atoms with Crippen LogP contribution >= 0.6 is 11.3 Å². The van der Waals surface area contributed by atoms with Gasteiger partial charge in [-0.1, -0.05) is 0 Å². The lowest BCUT2D eigenvalue weighted by atomic mass is 10.0. The minimum absolute atomic E-state index is 0.0305. The summed E-state index contributed by atoms with van der Waals surface area (Å²) < 4.78 is 1.53. The van der Waals surface area contributed by atoms with E-state index in [9.17, 15) is 14.4 Å². The second-order valence-corrected chi connectivity index (χ2v) is 9.17. The van der Waals surface area contributed by atoms with Crippen LogP contribution in [0.2, 0.25) is 0 Å². The third kappa shape index (κ3) is 3.54. The number of carbonyl (C=O) groups is 2. The predicted molar refractivity (Wildman–Crippen MR) is 123 cm³/mol. The molecule has 2 aliphatic rings. The van der Waals surface area contributed by atoms with Gasteiger partial charge in [-0.25, -0.2) is 9.97 Å². The maximum atomic E-state index is 13.3. The van der Waals surface area contributed by atoms with Crippen molar-refractivity contribution in [1.82, 2.24) is 19.9 Å². The Labute approximate surface area is 188 Å². The molecule has 8 nitrogen and oxygen atoms in total. The molecular formula is C23H21N5O3S. The molecule has 1 fully saturated rings. The number of thiazole rings is 1. The number of fused-ring (bicyclic) bond motifs is 1. The van der Waals surface area contributed by atoms with Gasteiger partial charge in [-0.15, -0.1) is 11.3 Å². The molecule has 3 heterocycles. The van der Waals surface area contributed by atoms with Crippen molar-refractivity contribution in [2.45, 2.75) is 26.2 Å². The van der Waals surface area contributed by atoms with Crippen LogP contribution in [-0.4, -0.2) is 33.4 Å². The Balaban J connectivity index is 1.57. The van der Waals surface area contributed by atoms with E-state index < -0.39 is 0 Å². The van der Waals surface area contributed by atoms with Crippen LogP contribution in [0, 0.1) is 12.8 Å². The van der Waals surface area contributed by atoms with Crippen LogP contribution in [0.25, 0.3) is 16.8 Å². The fourth-order valence-corrected chi connectivity index (χ4v) is 4.57. The van der Waals surface area contributed by atoms with Crippen molar-refractivity contribution in [2.24, 2.45) is 5.92 Å². The zero-order valence-corrected chi connectivity index (χ0v) is 18.5. The fourth-order valence-electron chi connectivity index (χ4n) is 3.83. The molecule has 0 aliphatic heterocycles. The summed E-state index contributed by atoms with van der Waals surface area (Å²) in [5, 5.41) is 6.15. The standard InChI is InChI=1S/C23H21N5O3S/c1-12-10-26-23(32-12)28-7-3-4-15(22(28)31)14-8-16-17(9-14)19(27-20(29)13-5-6-13)25-11-18(16)21(30)24-2/h3-4,7-8,10-11,13H,5-6,9H2,1-2H3,(H,24,30)(H,25,27,29). The predicted octanol–water partition coefficient (Wildman–Crippen LogP) is 2.80. The summed E-state index contributed by atoms with van der Waals surface area (Å²) in [5.41, 5.74) is 2.95. The van der Waals surface area contributed by atoms with E-state index in [0.717, 1.165) is 28.9 Å². The van der Waals surface area contributed by atoms with E-state index in [1.807, 2.05) is 19.1 Å². The molecule has 0 atom stereocenters. The number of hydrogen-bond donors (Lipinski definition) is 2. The van der Waals surface area contributed by atoms with Crippen LogP contribution in [0.1, 0.15) is 44.8 Å². The van der Waals surface area contributed by atoms with Crippen LogP contribution in [0.15, 0.2) is 35.5 Å². The van der Waals surface area contributed by atoms with E-state index >= 15 is 0 Å². The SMILES string of the molecule is CNC(=O)c1cnc(NC(=O)C2CC2)c2c1C=C(c1cccn(-c3ncc(C)s3)c1=O)C2. The van der Waals surface area contributed by atoms with Gasteiger partial charge in [0.2, 0.25) is 5.91 Å². The van der Waals surface area contributed by atoms with Crippen molar-refractivity contribution in [3.63, 3.8) is 0 Å². The number of anilines is 1. The highest BCUT2D eigenvalue weighted by Gasteiger charge is 2.32. The van der Waals surface area contributed by atoms with E-state index in [1.165, 1.54) is 22.1 Å². The van der Waals surface area contributed by atoms with E-state index in [1.54, 1.807) is 25.5 Å². The van der Waals surface area contributed by atoms with Crippen LogP contribution in [0.3, 0.4) is 0 Å². The van der Waals surface area contributed by atoms with Gasteiger partial charge < -0.3 is 10.6 Å². The fraction of sp³-hybridized carbons (Fsp3) is 0.261. The van der Waals surface area contributed by atoms with Crippen molar-refractivity contribution in [3.8, 4) is 5.13 Å². The first-order valence-electron chi connectivity index (χ1n) is 10.4. The van der Waals surface area contributed by atoms with E-state index in [-0.39, 0.29) is 23.3 Å². The summed E-state index contributed by atoms with van der Waals surface area (Å²) >= 11 is 1.44. The number of hydrogen-bond acceptors (Lipinski definition) is 6. The van der Waals surface area contributed by atoms with Gasteiger partial charge in [0.25, 0.3) is 11.5 Å². The molecule has 2 N–H and O–H groups in total. The molecule has 5 rings (SSSR count). The lowest BCUT2D eigenvalue weighted by molar-refractivity contribution is -0.117. The topological polar surface area (TPSA) is 106 Å². The maximum absolute atomic E-state index is 13.3. The molecule has 2 aliphatic carbocycles.